The summed E-state index contributed by atoms with van der Waals surface area (Å²) in [6.07, 6.45) is 1.45. The molecule has 2 N–H and O–H groups in total. The highest BCUT2D eigenvalue weighted by atomic mass is 19.1. The minimum absolute atomic E-state index is 0.0105. The molecule has 0 atom stereocenters. The van der Waals surface area contributed by atoms with Gasteiger partial charge in [-0.1, -0.05) is 36.4 Å². The number of primary amides is 1. The van der Waals surface area contributed by atoms with Crippen LogP contribution in [-0.4, -0.2) is 15.0 Å². The van der Waals surface area contributed by atoms with E-state index in [1.807, 2.05) is 12.1 Å². The van der Waals surface area contributed by atoms with Crippen molar-refractivity contribution in [3.8, 4) is 5.75 Å². The van der Waals surface area contributed by atoms with Crippen LogP contribution in [0.1, 0.15) is 27.0 Å². The van der Waals surface area contributed by atoms with Gasteiger partial charge in [0.2, 0.25) is 5.91 Å². The van der Waals surface area contributed by atoms with Crippen molar-refractivity contribution in [3.05, 3.63) is 134 Å². The lowest BCUT2D eigenvalue weighted by Gasteiger charge is -2.11. The summed E-state index contributed by atoms with van der Waals surface area (Å²) in [5, 5.41) is 0. The van der Waals surface area contributed by atoms with Gasteiger partial charge in [0.25, 0.3) is 5.56 Å². The molecular weight excluding hydrogens is 437 g/mol. The second-order valence-electron chi connectivity index (χ2n) is 7.77. The number of carbonyl (C=O) groups excluding carboxylic acids is 1. The Morgan fingerprint density at radius 2 is 1.56 bits per heavy atom. The number of benzene rings is 3. The van der Waals surface area contributed by atoms with E-state index in [-0.39, 0.29) is 13.1 Å². The van der Waals surface area contributed by atoms with Crippen molar-refractivity contribution < 1.29 is 13.9 Å². The minimum atomic E-state index is -0.480. The second-order valence-corrected chi connectivity index (χ2v) is 7.77. The van der Waals surface area contributed by atoms with E-state index in [2.05, 4.69) is 0 Å². The summed E-state index contributed by atoms with van der Waals surface area (Å²) in [5.74, 6) is -0.260. The van der Waals surface area contributed by atoms with Gasteiger partial charge in [0, 0.05) is 17.8 Å². The number of amides is 1. The highest BCUT2D eigenvalue weighted by Gasteiger charge is 2.08. The van der Waals surface area contributed by atoms with E-state index in [4.69, 9.17) is 10.5 Å². The van der Waals surface area contributed by atoms with Crippen LogP contribution in [-0.2, 0) is 19.7 Å². The van der Waals surface area contributed by atoms with E-state index in [1.165, 1.54) is 35.0 Å². The van der Waals surface area contributed by atoms with Gasteiger partial charge in [0.15, 0.2) is 0 Å². The third-order valence-corrected chi connectivity index (χ3v) is 5.29. The van der Waals surface area contributed by atoms with Crippen LogP contribution in [0.2, 0.25) is 0 Å². The van der Waals surface area contributed by atoms with Gasteiger partial charge in [-0.15, -0.1) is 0 Å². The number of nitrogens with zero attached hydrogens (tertiary/aromatic N) is 2. The molecule has 0 bridgehead atoms. The zero-order valence-corrected chi connectivity index (χ0v) is 18.2. The SMILES string of the molecule is NC(=O)c1ccc(COc2ccc(Cn3ccc(=O)n(Cc4cccc(F)c4)c3=O)cc2)cc1. The minimum Gasteiger partial charge on any atom is -0.489 e. The Balaban J connectivity index is 1.43. The van der Waals surface area contributed by atoms with Crippen LogP contribution in [0.15, 0.2) is 94.6 Å². The second kappa shape index (κ2) is 9.99. The lowest BCUT2D eigenvalue weighted by molar-refractivity contribution is 0.1000. The fourth-order valence-electron chi connectivity index (χ4n) is 3.46. The van der Waals surface area contributed by atoms with E-state index < -0.39 is 23.0 Å². The lowest BCUT2D eigenvalue weighted by Crippen LogP contribution is -2.39. The Bertz CT molecular complexity index is 1420. The molecule has 34 heavy (non-hydrogen) atoms. The number of hydrogen-bond donors (Lipinski definition) is 1. The molecular formula is C26H22FN3O4. The van der Waals surface area contributed by atoms with Gasteiger partial charge in [-0.2, -0.15) is 0 Å². The molecule has 4 aromatic rings. The van der Waals surface area contributed by atoms with E-state index in [1.54, 1.807) is 42.5 Å². The molecule has 7 nitrogen and oxygen atoms in total. The van der Waals surface area contributed by atoms with Crippen molar-refractivity contribution in [2.24, 2.45) is 5.73 Å². The standard InChI is InChI=1S/C26H22FN3O4/c27-22-3-1-2-20(14-22)16-30-24(31)12-13-29(26(30)33)15-18-6-10-23(11-7-18)34-17-19-4-8-21(9-5-19)25(28)32/h1-14H,15-17H2,(H2,28,32). The Morgan fingerprint density at radius 3 is 2.24 bits per heavy atom. The highest BCUT2D eigenvalue weighted by molar-refractivity contribution is 5.92. The van der Waals surface area contributed by atoms with Crippen molar-refractivity contribution in [2.45, 2.75) is 19.7 Å². The molecule has 1 heterocycles. The number of hydrogen-bond acceptors (Lipinski definition) is 4. The zero-order chi connectivity index (χ0) is 24.1. The monoisotopic (exact) mass is 459 g/mol. The summed E-state index contributed by atoms with van der Waals surface area (Å²) in [5.41, 5.74) is 7.02. The highest BCUT2D eigenvalue weighted by Crippen LogP contribution is 2.15. The van der Waals surface area contributed by atoms with Crippen molar-refractivity contribution in [1.82, 2.24) is 9.13 Å². The summed E-state index contributed by atoms with van der Waals surface area (Å²) in [6.45, 7) is 0.573. The maximum atomic E-state index is 13.5. The molecule has 0 aliphatic heterocycles. The van der Waals surface area contributed by atoms with E-state index in [0.29, 0.717) is 23.5 Å². The number of ether oxygens (including phenoxy) is 1. The number of halogens is 1. The lowest BCUT2D eigenvalue weighted by atomic mass is 10.1. The number of nitrogens with two attached hydrogens (primary N) is 1. The van der Waals surface area contributed by atoms with Crippen LogP contribution in [0.5, 0.6) is 5.75 Å². The zero-order valence-electron chi connectivity index (χ0n) is 18.2. The third-order valence-electron chi connectivity index (χ3n) is 5.29. The fraction of sp³-hybridized carbons (Fsp3) is 0.115. The molecule has 0 unspecified atom stereocenters. The van der Waals surface area contributed by atoms with Crippen LogP contribution in [0.25, 0.3) is 0 Å². The summed E-state index contributed by atoms with van der Waals surface area (Å²) in [6, 6.07) is 21.2. The van der Waals surface area contributed by atoms with Crippen molar-refractivity contribution in [3.63, 3.8) is 0 Å². The molecule has 3 aromatic carbocycles. The molecule has 1 amide bonds. The average molecular weight is 459 g/mol. The Hall–Kier alpha value is -4.46. The first-order valence-corrected chi connectivity index (χ1v) is 10.5. The maximum absolute atomic E-state index is 13.5. The molecule has 0 spiro atoms. The van der Waals surface area contributed by atoms with Gasteiger partial charge in [0.05, 0.1) is 13.1 Å². The summed E-state index contributed by atoms with van der Waals surface area (Å²) < 4.78 is 21.7. The van der Waals surface area contributed by atoms with Crippen LogP contribution in [0.3, 0.4) is 0 Å². The molecule has 0 saturated carbocycles. The largest absolute Gasteiger partial charge is 0.489 e. The Kier molecular flexibility index (Phi) is 6.68. The van der Waals surface area contributed by atoms with Gasteiger partial charge in [-0.3, -0.25) is 18.7 Å². The van der Waals surface area contributed by atoms with E-state index >= 15 is 0 Å². The normalized spacial score (nSPS) is 10.7. The Labute approximate surface area is 194 Å². The molecule has 8 heteroatoms. The molecule has 0 radical (unpaired) electrons. The first-order chi connectivity index (χ1) is 16.4. The number of aromatic nitrogens is 2. The summed E-state index contributed by atoms with van der Waals surface area (Å²) in [7, 11) is 0. The van der Waals surface area contributed by atoms with Crippen LogP contribution >= 0.6 is 0 Å². The fourth-order valence-corrected chi connectivity index (χ4v) is 3.46. The van der Waals surface area contributed by atoms with E-state index in [9.17, 15) is 18.8 Å². The Morgan fingerprint density at radius 1 is 0.853 bits per heavy atom. The van der Waals surface area contributed by atoms with Gasteiger partial charge < -0.3 is 10.5 Å². The smallest absolute Gasteiger partial charge is 0.331 e. The van der Waals surface area contributed by atoms with Gasteiger partial charge in [-0.05, 0) is 53.1 Å². The molecule has 172 valence electrons. The molecule has 0 aliphatic carbocycles. The molecule has 4 rings (SSSR count). The van der Waals surface area contributed by atoms with Gasteiger partial charge >= 0.3 is 5.69 Å². The average Bonchev–Trinajstić information content (AvgIpc) is 2.83. The molecule has 0 aliphatic rings. The quantitative estimate of drug-likeness (QED) is 0.438. The first-order valence-electron chi connectivity index (χ1n) is 10.5. The van der Waals surface area contributed by atoms with E-state index in [0.717, 1.165) is 15.7 Å². The van der Waals surface area contributed by atoms with Crippen molar-refractivity contribution in [1.29, 1.82) is 0 Å². The molecule has 0 saturated heterocycles. The topological polar surface area (TPSA) is 96.3 Å². The predicted molar refractivity (Wildman–Crippen MR) is 125 cm³/mol. The van der Waals surface area contributed by atoms with Crippen LogP contribution in [0.4, 0.5) is 4.39 Å². The summed E-state index contributed by atoms with van der Waals surface area (Å²) in [4.78, 5) is 36.2. The maximum Gasteiger partial charge on any atom is 0.331 e. The third kappa shape index (κ3) is 5.47. The predicted octanol–water partition coefficient (Wildman–Crippen LogP) is 2.92. The van der Waals surface area contributed by atoms with Crippen LogP contribution < -0.4 is 21.7 Å². The van der Waals surface area contributed by atoms with Crippen LogP contribution in [0, 0.1) is 5.82 Å². The first kappa shape index (κ1) is 22.7. The molecule has 0 fully saturated rings. The number of carbonyl (C=O) groups is 1. The number of rotatable bonds is 8. The van der Waals surface area contributed by atoms with Crippen molar-refractivity contribution in [2.75, 3.05) is 0 Å². The van der Waals surface area contributed by atoms with Gasteiger partial charge in [0.1, 0.15) is 18.2 Å². The summed E-state index contributed by atoms with van der Waals surface area (Å²) >= 11 is 0. The van der Waals surface area contributed by atoms with Crippen molar-refractivity contribution >= 4 is 5.91 Å². The molecule has 1 aromatic heterocycles. The van der Waals surface area contributed by atoms with Gasteiger partial charge in [-0.25, -0.2) is 9.18 Å².